The Morgan fingerprint density at radius 2 is 2.21 bits per heavy atom. The van der Waals surface area contributed by atoms with E-state index in [2.05, 4.69) is 10.4 Å². The van der Waals surface area contributed by atoms with Gasteiger partial charge in [-0.05, 0) is 48.4 Å². The number of carbonyl (C=O) groups excluding carboxylic acids is 1. The zero-order valence-electron chi connectivity index (χ0n) is 15.3. The monoisotopic (exact) mass is 400 g/mol. The fraction of sp³-hybridized carbons (Fsp3) is 0.350. The van der Waals surface area contributed by atoms with Gasteiger partial charge < -0.3 is 5.32 Å². The van der Waals surface area contributed by atoms with Crippen LogP contribution in [0.25, 0.3) is 0 Å². The molecule has 1 unspecified atom stereocenters. The van der Waals surface area contributed by atoms with Crippen molar-refractivity contribution in [2.75, 3.05) is 6.54 Å². The fourth-order valence-electron chi connectivity index (χ4n) is 3.55. The number of hydrogen-bond donors (Lipinski definition) is 1. The molecule has 0 spiro atoms. The van der Waals surface area contributed by atoms with Crippen LogP contribution in [0.15, 0.2) is 46.6 Å². The molecule has 3 heterocycles. The lowest BCUT2D eigenvalue weighted by molar-refractivity contribution is -0.123. The van der Waals surface area contributed by atoms with E-state index >= 15 is 0 Å². The lowest BCUT2D eigenvalue weighted by atomic mass is 9.98. The summed E-state index contributed by atoms with van der Waals surface area (Å²) < 4.78 is 16.3. The molecule has 4 rings (SSSR count). The predicted octanol–water partition coefficient (Wildman–Crippen LogP) is 2.53. The van der Waals surface area contributed by atoms with E-state index in [1.165, 1.54) is 21.7 Å². The van der Waals surface area contributed by atoms with Gasteiger partial charge in [0.25, 0.3) is 0 Å². The Morgan fingerprint density at radius 3 is 3.00 bits per heavy atom. The molecule has 146 valence electrons. The molecule has 6 nitrogen and oxygen atoms in total. The van der Waals surface area contributed by atoms with Gasteiger partial charge in [-0.1, -0.05) is 18.2 Å². The molecule has 0 radical (unpaired) electrons. The zero-order chi connectivity index (χ0) is 19.5. The van der Waals surface area contributed by atoms with E-state index in [-0.39, 0.29) is 24.0 Å². The number of thiophene rings is 1. The van der Waals surface area contributed by atoms with Gasteiger partial charge in [-0.3, -0.25) is 9.36 Å². The molecule has 0 fully saturated rings. The first-order chi connectivity index (χ1) is 13.6. The highest BCUT2D eigenvalue weighted by atomic mass is 32.1. The van der Waals surface area contributed by atoms with Gasteiger partial charge in [0.15, 0.2) is 0 Å². The Morgan fingerprint density at radius 1 is 1.32 bits per heavy atom. The SMILES string of the molecule is O=C(NCCc1cccs1)C1CCCn2c1nn(Cc1cccc(F)c1)c2=O. The Kier molecular flexibility index (Phi) is 5.38. The van der Waals surface area contributed by atoms with Crippen LogP contribution >= 0.6 is 11.3 Å². The summed E-state index contributed by atoms with van der Waals surface area (Å²) in [6.45, 7) is 1.30. The van der Waals surface area contributed by atoms with Crippen molar-refractivity contribution in [1.82, 2.24) is 19.7 Å². The summed E-state index contributed by atoms with van der Waals surface area (Å²) in [6, 6.07) is 10.1. The summed E-state index contributed by atoms with van der Waals surface area (Å²) in [4.78, 5) is 26.6. The minimum atomic E-state index is -0.432. The molecule has 1 atom stereocenters. The van der Waals surface area contributed by atoms with Gasteiger partial charge in [-0.15, -0.1) is 11.3 Å². The van der Waals surface area contributed by atoms with Gasteiger partial charge >= 0.3 is 5.69 Å². The van der Waals surface area contributed by atoms with Gasteiger partial charge in [0.05, 0.1) is 12.5 Å². The second-order valence-electron chi connectivity index (χ2n) is 6.90. The molecule has 0 saturated carbocycles. The van der Waals surface area contributed by atoms with Gasteiger partial charge in [-0.2, -0.15) is 5.10 Å². The summed E-state index contributed by atoms with van der Waals surface area (Å²) in [7, 11) is 0. The lowest BCUT2D eigenvalue weighted by Gasteiger charge is -2.21. The molecule has 1 amide bonds. The number of carbonyl (C=O) groups is 1. The van der Waals surface area contributed by atoms with Gasteiger partial charge in [-0.25, -0.2) is 13.9 Å². The van der Waals surface area contributed by atoms with Crippen LogP contribution < -0.4 is 11.0 Å². The Labute approximate surface area is 165 Å². The molecule has 1 aromatic carbocycles. The number of amides is 1. The Hall–Kier alpha value is -2.74. The number of hydrogen-bond acceptors (Lipinski definition) is 4. The van der Waals surface area contributed by atoms with Crippen LogP contribution in [0.4, 0.5) is 4.39 Å². The van der Waals surface area contributed by atoms with Crippen molar-refractivity contribution in [3.8, 4) is 0 Å². The van der Waals surface area contributed by atoms with Gasteiger partial charge in [0.2, 0.25) is 5.91 Å². The number of nitrogens with one attached hydrogen (secondary N) is 1. The minimum Gasteiger partial charge on any atom is -0.355 e. The van der Waals surface area contributed by atoms with E-state index in [9.17, 15) is 14.0 Å². The van der Waals surface area contributed by atoms with Crippen molar-refractivity contribution in [3.63, 3.8) is 0 Å². The number of fused-ring (bicyclic) bond motifs is 1. The largest absolute Gasteiger partial charge is 0.355 e. The number of rotatable bonds is 6. The predicted molar refractivity (Wildman–Crippen MR) is 105 cm³/mol. The second kappa shape index (κ2) is 8.10. The summed E-state index contributed by atoms with van der Waals surface area (Å²) in [5.74, 6) is -0.377. The van der Waals surface area contributed by atoms with Gasteiger partial charge in [0, 0.05) is 18.0 Å². The van der Waals surface area contributed by atoms with Crippen molar-refractivity contribution in [2.45, 2.75) is 38.3 Å². The van der Waals surface area contributed by atoms with Crippen molar-refractivity contribution in [1.29, 1.82) is 0 Å². The highest BCUT2D eigenvalue weighted by Gasteiger charge is 2.31. The Bertz CT molecular complexity index is 1030. The van der Waals surface area contributed by atoms with E-state index in [0.717, 1.165) is 12.8 Å². The third-order valence-electron chi connectivity index (χ3n) is 4.93. The van der Waals surface area contributed by atoms with Crippen molar-refractivity contribution < 1.29 is 9.18 Å². The van der Waals surface area contributed by atoms with E-state index < -0.39 is 5.92 Å². The summed E-state index contributed by atoms with van der Waals surface area (Å²) in [6.07, 6.45) is 2.21. The normalized spacial score (nSPS) is 16.0. The number of halogens is 1. The molecular weight excluding hydrogens is 379 g/mol. The van der Waals surface area contributed by atoms with Crippen LogP contribution in [0.3, 0.4) is 0 Å². The average Bonchev–Trinajstić information content (AvgIpc) is 3.30. The molecule has 8 heteroatoms. The van der Waals surface area contributed by atoms with Crippen LogP contribution in [0.5, 0.6) is 0 Å². The topological polar surface area (TPSA) is 68.9 Å². The molecule has 0 saturated heterocycles. The zero-order valence-corrected chi connectivity index (χ0v) is 16.1. The highest BCUT2D eigenvalue weighted by Crippen LogP contribution is 2.24. The van der Waals surface area contributed by atoms with Crippen molar-refractivity contribution >= 4 is 17.2 Å². The quantitative estimate of drug-likeness (QED) is 0.691. The Balaban J connectivity index is 1.49. The van der Waals surface area contributed by atoms with Crippen LogP contribution in [0.2, 0.25) is 0 Å². The standard InChI is InChI=1S/C20H21FN4O2S/c21-15-5-1-4-14(12-15)13-25-20(27)24-10-2-7-17(18(24)23-25)19(26)22-9-8-16-6-3-11-28-16/h1,3-6,11-12,17H,2,7-10,13H2,(H,22,26). The first kappa shape index (κ1) is 18.6. The summed E-state index contributed by atoms with van der Waals surface area (Å²) in [5, 5.41) is 9.41. The molecule has 2 aromatic heterocycles. The molecule has 1 aliphatic rings. The van der Waals surface area contributed by atoms with Gasteiger partial charge in [0.1, 0.15) is 11.6 Å². The number of nitrogens with zero attached hydrogens (tertiary/aromatic N) is 3. The first-order valence-corrected chi connectivity index (χ1v) is 10.2. The molecule has 3 aromatic rings. The molecular formula is C20H21FN4O2S. The van der Waals surface area contributed by atoms with E-state index in [0.29, 0.717) is 30.9 Å². The number of benzene rings is 1. The molecule has 28 heavy (non-hydrogen) atoms. The number of aromatic nitrogens is 3. The first-order valence-electron chi connectivity index (χ1n) is 9.34. The maximum atomic E-state index is 13.4. The molecule has 1 N–H and O–H groups in total. The van der Waals surface area contributed by atoms with Crippen molar-refractivity contribution in [2.24, 2.45) is 0 Å². The van der Waals surface area contributed by atoms with Crippen LogP contribution in [0.1, 0.15) is 35.0 Å². The average molecular weight is 400 g/mol. The molecule has 1 aliphatic heterocycles. The molecule has 0 bridgehead atoms. The molecule has 0 aliphatic carbocycles. The van der Waals surface area contributed by atoms with Crippen LogP contribution in [0, 0.1) is 5.82 Å². The maximum Gasteiger partial charge on any atom is 0.346 e. The third-order valence-corrected chi connectivity index (χ3v) is 5.86. The maximum absolute atomic E-state index is 13.4. The van der Waals surface area contributed by atoms with Crippen molar-refractivity contribution in [3.05, 3.63) is 74.3 Å². The lowest BCUT2D eigenvalue weighted by Crippen LogP contribution is -2.36. The summed E-state index contributed by atoms with van der Waals surface area (Å²) >= 11 is 1.67. The van der Waals surface area contributed by atoms with E-state index in [4.69, 9.17) is 0 Å². The van der Waals surface area contributed by atoms with Crippen LogP contribution in [-0.2, 0) is 24.3 Å². The van der Waals surface area contributed by atoms with Crippen LogP contribution in [-0.4, -0.2) is 26.8 Å². The summed E-state index contributed by atoms with van der Waals surface area (Å²) in [5.41, 5.74) is 0.407. The fourth-order valence-corrected chi connectivity index (χ4v) is 4.26. The third kappa shape index (κ3) is 3.91. The van der Waals surface area contributed by atoms with E-state index in [1.54, 1.807) is 28.0 Å². The second-order valence-corrected chi connectivity index (χ2v) is 7.93. The highest BCUT2D eigenvalue weighted by molar-refractivity contribution is 7.09. The smallest absolute Gasteiger partial charge is 0.346 e. The minimum absolute atomic E-state index is 0.0968. The van der Waals surface area contributed by atoms with E-state index in [1.807, 2.05) is 17.5 Å².